The van der Waals surface area contributed by atoms with Crippen molar-refractivity contribution in [3.05, 3.63) is 69.0 Å². The smallest absolute Gasteiger partial charge is 0.282 e. The summed E-state index contributed by atoms with van der Waals surface area (Å²) < 4.78 is 13.7. The Morgan fingerprint density at radius 3 is 2.68 bits per heavy atom. The van der Waals surface area contributed by atoms with Crippen LogP contribution >= 0.6 is 0 Å². The number of rotatable bonds is 4. The average Bonchev–Trinajstić information content (AvgIpc) is 3.22. The van der Waals surface area contributed by atoms with Gasteiger partial charge in [-0.25, -0.2) is 4.39 Å². The molecule has 28 heavy (non-hydrogen) atoms. The topological polar surface area (TPSA) is 75.5 Å². The molecule has 0 spiro atoms. The Morgan fingerprint density at radius 2 is 1.93 bits per heavy atom. The Morgan fingerprint density at radius 1 is 1.14 bits per heavy atom. The zero-order valence-corrected chi connectivity index (χ0v) is 15.5. The van der Waals surface area contributed by atoms with Crippen LogP contribution in [0.15, 0.2) is 36.4 Å². The summed E-state index contributed by atoms with van der Waals surface area (Å²) in [5.74, 6) is -0.580. The number of amides is 1. The van der Waals surface area contributed by atoms with Crippen LogP contribution in [0.2, 0.25) is 0 Å². The van der Waals surface area contributed by atoms with Crippen LogP contribution in [0.5, 0.6) is 0 Å². The maximum atomic E-state index is 13.7. The van der Waals surface area contributed by atoms with E-state index in [2.05, 4.69) is 5.32 Å². The molecule has 2 aliphatic rings. The number of carbonyl (C=O) groups is 1. The predicted molar refractivity (Wildman–Crippen MR) is 104 cm³/mol. The molecular weight excluding hydrogens is 361 g/mol. The second-order valence-electron chi connectivity index (χ2n) is 7.42. The summed E-state index contributed by atoms with van der Waals surface area (Å²) in [6.07, 6.45) is 4.56. The molecule has 0 radical (unpaired) electrons. The van der Waals surface area contributed by atoms with Crippen molar-refractivity contribution in [3.63, 3.8) is 0 Å². The first-order valence-corrected chi connectivity index (χ1v) is 9.65. The molecule has 1 N–H and O–H groups in total. The van der Waals surface area contributed by atoms with E-state index in [0.717, 1.165) is 43.2 Å². The summed E-state index contributed by atoms with van der Waals surface area (Å²) in [5.41, 5.74) is 2.58. The molecule has 6 nitrogen and oxygen atoms in total. The normalized spacial score (nSPS) is 18.6. The molecule has 146 valence electrons. The first-order valence-electron chi connectivity index (χ1n) is 9.65. The third-order valence-electron chi connectivity index (χ3n) is 5.58. The number of benzene rings is 2. The summed E-state index contributed by atoms with van der Waals surface area (Å²) in [6, 6.07) is 9.31. The van der Waals surface area contributed by atoms with Crippen molar-refractivity contribution in [1.82, 2.24) is 4.90 Å². The van der Waals surface area contributed by atoms with E-state index < -0.39 is 4.92 Å². The number of anilines is 1. The van der Waals surface area contributed by atoms with Gasteiger partial charge in [0.05, 0.1) is 11.0 Å². The summed E-state index contributed by atoms with van der Waals surface area (Å²) in [5, 5.41) is 14.8. The lowest BCUT2D eigenvalue weighted by Gasteiger charge is -2.27. The van der Waals surface area contributed by atoms with Gasteiger partial charge < -0.3 is 10.2 Å². The lowest BCUT2D eigenvalue weighted by atomic mass is 9.87. The third kappa shape index (κ3) is 3.56. The van der Waals surface area contributed by atoms with E-state index in [-0.39, 0.29) is 29.0 Å². The second kappa shape index (κ2) is 7.58. The molecular formula is C21H22FN3O3. The molecule has 2 aromatic carbocycles. The van der Waals surface area contributed by atoms with Gasteiger partial charge in [0, 0.05) is 24.8 Å². The van der Waals surface area contributed by atoms with E-state index in [0.29, 0.717) is 18.8 Å². The van der Waals surface area contributed by atoms with Gasteiger partial charge in [0.15, 0.2) is 0 Å². The Labute approximate surface area is 162 Å². The fourth-order valence-corrected chi connectivity index (χ4v) is 4.17. The standard InChI is InChI=1S/C21H22FN3O3/c22-15-7-6-14-4-3-5-19(17(14)12-15)23-16-8-9-20(25(27)28)18(13-16)21(26)24-10-1-2-11-24/h6-9,12-13,19,23H,1-5,10-11H2. The largest absolute Gasteiger partial charge is 0.378 e. The molecule has 0 bridgehead atoms. The number of nitro groups is 1. The summed E-state index contributed by atoms with van der Waals surface area (Å²) >= 11 is 0. The van der Waals surface area contributed by atoms with Crippen molar-refractivity contribution in [2.45, 2.75) is 38.1 Å². The minimum atomic E-state index is -0.516. The number of likely N-dealkylation sites (tertiary alicyclic amines) is 1. The quantitative estimate of drug-likeness (QED) is 0.625. The lowest BCUT2D eigenvalue weighted by molar-refractivity contribution is -0.385. The Hall–Kier alpha value is -2.96. The molecule has 0 saturated carbocycles. The number of nitrogens with zero attached hydrogens (tertiary/aromatic N) is 2. The monoisotopic (exact) mass is 383 g/mol. The van der Waals surface area contributed by atoms with E-state index in [1.54, 1.807) is 23.1 Å². The lowest BCUT2D eigenvalue weighted by Crippen LogP contribution is -2.28. The van der Waals surface area contributed by atoms with E-state index >= 15 is 0 Å². The molecule has 2 aromatic rings. The molecule has 7 heteroatoms. The van der Waals surface area contributed by atoms with Gasteiger partial charge in [0.2, 0.25) is 0 Å². The highest BCUT2D eigenvalue weighted by Gasteiger charge is 2.28. The second-order valence-corrected chi connectivity index (χ2v) is 7.42. The van der Waals surface area contributed by atoms with Crippen molar-refractivity contribution >= 4 is 17.3 Å². The van der Waals surface area contributed by atoms with E-state index in [9.17, 15) is 19.3 Å². The van der Waals surface area contributed by atoms with Gasteiger partial charge in [-0.15, -0.1) is 0 Å². The number of aryl methyl sites for hydroxylation is 1. The minimum Gasteiger partial charge on any atom is -0.378 e. The summed E-state index contributed by atoms with van der Waals surface area (Å²) in [6.45, 7) is 1.26. The highest BCUT2D eigenvalue weighted by Crippen LogP contribution is 2.34. The third-order valence-corrected chi connectivity index (χ3v) is 5.58. The summed E-state index contributed by atoms with van der Waals surface area (Å²) in [7, 11) is 0. The van der Waals surface area contributed by atoms with Crippen molar-refractivity contribution in [2.24, 2.45) is 0 Å². The number of hydrogen-bond donors (Lipinski definition) is 1. The molecule has 0 aromatic heterocycles. The maximum Gasteiger partial charge on any atom is 0.282 e. The zero-order valence-electron chi connectivity index (χ0n) is 15.5. The van der Waals surface area contributed by atoms with Gasteiger partial charge in [-0.3, -0.25) is 14.9 Å². The molecule has 1 heterocycles. The fourth-order valence-electron chi connectivity index (χ4n) is 4.17. The number of nitrogens with one attached hydrogen (secondary N) is 1. The van der Waals surface area contributed by atoms with Crippen molar-refractivity contribution in [1.29, 1.82) is 0 Å². The number of halogens is 1. The van der Waals surface area contributed by atoms with Crippen molar-refractivity contribution < 1.29 is 14.1 Å². The van der Waals surface area contributed by atoms with Crippen LogP contribution < -0.4 is 5.32 Å². The molecule has 1 unspecified atom stereocenters. The average molecular weight is 383 g/mol. The Bertz CT molecular complexity index is 925. The molecule has 1 aliphatic heterocycles. The Balaban J connectivity index is 1.64. The maximum absolute atomic E-state index is 13.7. The van der Waals surface area contributed by atoms with E-state index in [1.165, 1.54) is 12.1 Å². The molecule has 4 rings (SSSR count). The molecule has 1 saturated heterocycles. The SMILES string of the molecule is O=C(c1cc(NC2CCCc3ccc(F)cc32)ccc1[N+](=O)[O-])N1CCCC1. The van der Waals surface area contributed by atoms with Crippen LogP contribution in [0.3, 0.4) is 0 Å². The van der Waals surface area contributed by atoms with E-state index in [4.69, 9.17) is 0 Å². The van der Waals surface area contributed by atoms with Gasteiger partial charge >= 0.3 is 0 Å². The van der Waals surface area contributed by atoms with Gasteiger partial charge in [-0.1, -0.05) is 6.07 Å². The van der Waals surface area contributed by atoms with Gasteiger partial charge in [0.25, 0.3) is 11.6 Å². The van der Waals surface area contributed by atoms with Crippen LogP contribution in [0.4, 0.5) is 15.8 Å². The van der Waals surface area contributed by atoms with Crippen LogP contribution in [0.1, 0.15) is 53.2 Å². The van der Waals surface area contributed by atoms with Crippen LogP contribution in [-0.4, -0.2) is 28.8 Å². The van der Waals surface area contributed by atoms with Crippen molar-refractivity contribution in [3.8, 4) is 0 Å². The van der Waals surface area contributed by atoms with Gasteiger partial charge in [-0.05, 0) is 67.5 Å². The van der Waals surface area contributed by atoms with Crippen LogP contribution in [-0.2, 0) is 6.42 Å². The predicted octanol–water partition coefficient (Wildman–Crippen LogP) is 4.46. The zero-order chi connectivity index (χ0) is 19.7. The highest BCUT2D eigenvalue weighted by atomic mass is 19.1. The first kappa shape index (κ1) is 18.4. The van der Waals surface area contributed by atoms with Gasteiger partial charge in [-0.2, -0.15) is 0 Å². The Kier molecular flexibility index (Phi) is 4.98. The fraction of sp³-hybridized carbons (Fsp3) is 0.381. The number of carbonyl (C=O) groups excluding carboxylic acids is 1. The first-order chi connectivity index (χ1) is 13.5. The highest BCUT2D eigenvalue weighted by molar-refractivity contribution is 5.99. The van der Waals surface area contributed by atoms with E-state index in [1.807, 2.05) is 6.07 Å². The molecule has 1 atom stereocenters. The molecule has 1 aliphatic carbocycles. The van der Waals surface area contributed by atoms with Crippen LogP contribution in [0, 0.1) is 15.9 Å². The molecule has 1 fully saturated rings. The minimum absolute atomic E-state index is 0.0874. The van der Waals surface area contributed by atoms with Crippen LogP contribution in [0.25, 0.3) is 0 Å². The van der Waals surface area contributed by atoms with Gasteiger partial charge in [0.1, 0.15) is 11.4 Å². The summed E-state index contributed by atoms with van der Waals surface area (Å²) in [4.78, 5) is 25.4. The van der Waals surface area contributed by atoms with Crippen molar-refractivity contribution in [2.75, 3.05) is 18.4 Å². The number of nitro benzene ring substituents is 1. The number of hydrogen-bond acceptors (Lipinski definition) is 4. The number of fused-ring (bicyclic) bond motifs is 1. The molecule has 1 amide bonds.